The van der Waals surface area contributed by atoms with Gasteiger partial charge in [0.2, 0.25) is 0 Å². The van der Waals surface area contributed by atoms with Crippen molar-refractivity contribution >= 4 is 11.6 Å². The van der Waals surface area contributed by atoms with Crippen molar-refractivity contribution in [1.82, 2.24) is 14.9 Å². The molecular weight excluding hydrogens is 210 g/mol. The molecule has 0 radical (unpaired) electrons. The van der Waals surface area contributed by atoms with Crippen molar-refractivity contribution in [2.24, 2.45) is 0 Å². The SMILES string of the molecule is CCCN(Cc1cnc(Cl)cn1)C1CC1. The van der Waals surface area contributed by atoms with Crippen LogP contribution in [0.4, 0.5) is 0 Å². The first-order valence-corrected chi connectivity index (χ1v) is 5.88. The van der Waals surface area contributed by atoms with Gasteiger partial charge < -0.3 is 0 Å². The maximum Gasteiger partial charge on any atom is 0.147 e. The van der Waals surface area contributed by atoms with Gasteiger partial charge in [-0.3, -0.25) is 9.88 Å². The van der Waals surface area contributed by atoms with E-state index in [1.54, 1.807) is 12.4 Å². The van der Waals surface area contributed by atoms with E-state index in [0.717, 1.165) is 24.8 Å². The number of rotatable bonds is 5. The zero-order chi connectivity index (χ0) is 10.7. The summed E-state index contributed by atoms with van der Waals surface area (Å²) in [6, 6.07) is 0.780. The van der Waals surface area contributed by atoms with Crippen molar-refractivity contribution in [2.75, 3.05) is 6.54 Å². The maximum absolute atomic E-state index is 5.70. The van der Waals surface area contributed by atoms with Crippen LogP contribution in [0.15, 0.2) is 12.4 Å². The Morgan fingerprint density at radius 3 is 2.73 bits per heavy atom. The first-order valence-electron chi connectivity index (χ1n) is 5.50. The Balaban J connectivity index is 1.95. The highest BCUT2D eigenvalue weighted by Gasteiger charge is 2.28. The van der Waals surface area contributed by atoms with Gasteiger partial charge >= 0.3 is 0 Å². The van der Waals surface area contributed by atoms with Gasteiger partial charge in [-0.1, -0.05) is 18.5 Å². The molecule has 0 unspecified atom stereocenters. The number of halogens is 1. The lowest BCUT2D eigenvalue weighted by atomic mass is 10.3. The van der Waals surface area contributed by atoms with Gasteiger partial charge in [0.05, 0.1) is 18.1 Å². The molecular formula is C11H16ClN3. The fourth-order valence-electron chi connectivity index (χ4n) is 1.75. The third-order valence-electron chi connectivity index (χ3n) is 2.61. The molecule has 3 nitrogen and oxygen atoms in total. The molecule has 0 aliphatic heterocycles. The van der Waals surface area contributed by atoms with Crippen molar-refractivity contribution in [3.8, 4) is 0 Å². The van der Waals surface area contributed by atoms with Gasteiger partial charge in [0.15, 0.2) is 0 Å². The Labute approximate surface area is 95.5 Å². The van der Waals surface area contributed by atoms with E-state index in [1.165, 1.54) is 19.3 Å². The van der Waals surface area contributed by atoms with Crippen molar-refractivity contribution < 1.29 is 0 Å². The smallest absolute Gasteiger partial charge is 0.147 e. The second-order valence-electron chi connectivity index (χ2n) is 4.03. The summed E-state index contributed by atoms with van der Waals surface area (Å²) in [5, 5.41) is 0.465. The molecule has 1 aromatic rings. The molecule has 4 heteroatoms. The van der Waals surface area contributed by atoms with E-state index in [0.29, 0.717) is 5.15 Å². The van der Waals surface area contributed by atoms with Crippen LogP contribution in [0.2, 0.25) is 5.15 Å². The summed E-state index contributed by atoms with van der Waals surface area (Å²) in [5.41, 5.74) is 1.01. The predicted octanol–water partition coefficient (Wildman–Crippen LogP) is 2.50. The number of aromatic nitrogens is 2. The fourth-order valence-corrected chi connectivity index (χ4v) is 1.84. The van der Waals surface area contributed by atoms with Gasteiger partial charge in [-0.25, -0.2) is 4.98 Å². The molecule has 0 amide bonds. The van der Waals surface area contributed by atoms with Gasteiger partial charge in [0.1, 0.15) is 5.15 Å². The standard InChI is InChI=1S/C11H16ClN3/c1-2-5-15(10-3-4-10)8-9-6-14-11(12)7-13-9/h6-7,10H,2-5,8H2,1H3. The van der Waals surface area contributed by atoms with E-state index in [4.69, 9.17) is 11.6 Å². The molecule has 0 N–H and O–H groups in total. The minimum Gasteiger partial charge on any atom is -0.295 e. The Morgan fingerprint density at radius 1 is 1.40 bits per heavy atom. The monoisotopic (exact) mass is 225 g/mol. The molecule has 0 aromatic carbocycles. The lowest BCUT2D eigenvalue weighted by molar-refractivity contribution is 0.252. The zero-order valence-corrected chi connectivity index (χ0v) is 9.74. The number of hydrogen-bond donors (Lipinski definition) is 0. The molecule has 0 saturated heterocycles. The summed E-state index contributed by atoms with van der Waals surface area (Å²) in [6.07, 6.45) is 7.25. The van der Waals surface area contributed by atoms with Crippen LogP contribution < -0.4 is 0 Å². The number of hydrogen-bond acceptors (Lipinski definition) is 3. The van der Waals surface area contributed by atoms with E-state index >= 15 is 0 Å². The van der Waals surface area contributed by atoms with Crippen molar-refractivity contribution in [2.45, 2.75) is 38.8 Å². The minimum absolute atomic E-state index is 0.465. The van der Waals surface area contributed by atoms with E-state index in [1.807, 2.05) is 0 Å². The average molecular weight is 226 g/mol. The summed E-state index contributed by atoms with van der Waals surface area (Å²) < 4.78 is 0. The number of nitrogens with zero attached hydrogens (tertiary/aromatic N) is 3. The maximum atomic E-state index is 5.70. The lowest BCUT2D eigenvalue weighted by Crippen LogP contribution is -2.26. The normalized spacial score (nSPS) is 15.9. The van der Waals surface area contributed by atoms with E-state index in [-0.39, 0.29) is 0 Å². The predicted molar refractivity (Wildman–Crippen MR) is 60.8 cm³/mol. The highest BCUT2D eigenvalue weighted by atomic mass is 35.5. The average Bonchev–Trinajstić information content (AvgIpc) is 3.04. The Bertz CT molecular complexity index is 308. The molecule has 2 rings (SSSR count). The molecule has 1 aliphatic carbocycles. The summed E-state index contributed by atoms with van der Waals surface area (Å²) >= 11 is 5.70. The Kier molecular flexibility index (Phi) is 3.54. The molecule has 1 fully saturated rings. The molecule has 82 valence electrons. The van der Waals surface area contributed by atoms with Crippen molar-refractivity contribution in [1.29, 1.82) is 0 Å². The van der Waals surface area contributed by atoms with Gasteiger partial charge in [-0.2, -0.15) is 0 Å². The molecule has 1 heterocycles. The molecule has 1 aliphatic rings. The summed E-state index contributed by atoms with van der Waals surface area (Å²) in [4.78, 5) is 10.8. The Morgan fingerprint density at radius 2 is 2.20 bits per heavy atom. The van der Waals surface area contributed by atoms with Crippen molar-refractivity contribution in [3.05, 3.63) is 23.2 Å². The van der Waals surface area contributed by atoms with Crippen LogP contribution in [0, 0.1) is 0 Å². The third kappa shape index (κ3) is 3.14. The largest absolute Gasteiger partial charge is 0.295 e. The molecule has 1 aromatic heterocycles. The van der Waals surface area contributed by atoms with Crippen LogP contribution in [0.1, 0.15) is 31.9 Å². The summed E-state index contributed by atoms with van der Waals surface area (Å²) in [7, 11) is 0. The third-order valence-corrected chi connectivity index (χ3v) is 2.81. The highest BCUT2D eigenvalue weighted by molar-refractivity contribution is 6.29. The minimum atomic E-state index is 0.465. The molecule has 1 saturated carbocycles. The van der Waals surface area contributed by atoms with Crippen LogP contribution >= 0.6 is 11.6 Å². The van der Waals surface area contributed by atoms with Crippen LogP contribution in [-0.2, 0) is 6.54 Å². The van der Waals surface area contributed by atoms with Crippen LogP contribution in [0.3, 0.4) is 0 Å². The van der Waals surface area contributed by atoms with Crippen LogP contribution in [0.25, 0.3) is 0 Å². The topological polar surface area (TPSA) is 29.0 Å². The quantitative estimate of drug-likeness (QED) is 0.771. The second-order valence-corrected chi connectivity index (χ2v) is 4.42. The van der Waals surface area contributed by atoms with Gasteiger partial charge in [0, 0.05) is 12.6 Å². The zero-order valence-electron chi connectivity index (χ0n) is 8.99. The fraction of sp³-hybridized carbons (Fsp3) is 0.636. The summed E-state index contributed by atoms with van der Waals surface area (Å²) in [6.45, 7) is 4.26. The molecule has 0 bridgehead atoms. The first-order chi connectivity index (χ1) is 7.29. The van der Waals surface area contributed by atoms with Gasteiger partial charge in [0.25, 0.3) is 0 Å². The van der Waals surface area contributed by atoms with Crippen molar-refractivity contribution in [3.63, 3.8) is 0 Å². The second kappa shape index (κ2) is 4.90. The van der Waals surface area contributed by atoms with E-state index in [2.05, 4.69) is 21.8 Å². The molecule has 15 heavy (non-hydrogen) atoms. The van der Waals surface area contributed by atoms with Gasteiger partial charge in [-0.15, -0.1) is 0 Å². The lowest BCUT2D eigenvalue weighted by Gasteiger charge is -2.20. The van der Waals surface area contributed by atoms with E-state index < -0.39 is 0 Å². The first kappa shape index (κ1) is 10.8. The molecule has 0 atom stereocenters. The molecule has 0 spiro atoms. The highest BCUT2D eigenvalue weighted by Crippen LogP contribution is 2.27. The van der Waals surface area contributed by atoms with Crippen LogP contribution in [-0.4, -0.2) is 27.5 Å². The summed E-state index contributed by atoms with van der Waals surface area (Å²) in [5.74, 6) is 0. The Hall–Kier alpha value is -0.670. The van der Waals surface area contributed by atoms with E-state index in [9.17, 15) is 0 Å². The van der Waals surface area contributed by atoms with Crippen LogP contribution in [0.5, 0.6) is 0 Å². The van der Waals surface area contributed by atoms with Gasteiger partial charge in [-0.05, 0) is 25.8 Å².